The molecule has 1 N–H and O–H groups in total. The molecule has 2 heterocycles. The van der Waals surface area contributed by atoms with Gasteiger partial charge in [-0.05, 0) is 42.0 Å². The Morgan fingerprint density at radius 2 is 1.69 bits per heavy atom. The topological polar surface area (TPSA) is 95.5 Å². The molecule has 35 heavy (non-hydrogen) atoms. The highest BCUT2D eigenvalue weighted by Gasteiger charge is 2.21. The number of para-hydroxylation sites is 3. The Labute approximate surface area is 203 Å². The smallest absolute Gasteiger partial charge is 0.332 e. The number of ether oxygens (including phenoxy) is 1. The molecule has 0 fully saturated rings. The van der Waals surface area contributed by atoms with E-state index in [1.807, 2.05) is 0 Å². The predicted octanol–water partition coefficient (Wildman–Crippen LogP) is 4.26. The van der Waals surface area contributed by atoms with Gasteiger partial charge in [-0.1, -0.05) is 48.0 Å². The maximum Gasteiger partial charge on any atom is 0.332 e. The minimum Gasteiger partial charge on any atom is -0.495 e. The molecule has 0 bridgehead atoms. The molecule has 0 atom stereocenters. The van der Waals surface area contributed by atoms with E-state index in [9.17, 15) is 14.4 Å². The fourth-order valence-electron chi connectivity index (χ4n) is 4.04. The first-order chi connectivity index (χ1) is 17.0. The molecule has 0 unspecified atom stereocenters. The number of halogens is 1. The summed E-state index contributed by atoms with van der Waals surface area (Å²) < 4.78 is 13.5. The zero-order chi connectivity index (χ0) is 24.5. The number of methoxy groups -OCH3 is 1. The summed E-state index contributed by atoms with van der Waals surface area (Å²) in [7, 11) is 1.50. The summed E-state index contributed by atoms with van der Waals surface area (Å²) in [6.07, 6.45) is 0. The Bertz CT molecular complexity index is 1680. The van der Waals surface area contributed by atoms with Crippen molar-refractivity contribution in [1.82, 2.24) is 9.13 Å². The molecule has 0 aliphatic carbocycles. The van der Waals surface area contributed by atoms with Gasteiger partial charge in [0.25, 0.3) is 5.56 Å². The van der Waals surface area contributed by atoms with Gasteiger partial charge in [0.05, 0.1) is 19.3 Å². The third-order valence-corrected chi connectivity index (χ3v) is 5.93. The van der Waals surface area contributed by atoms with Crippen LogP contribution in [0.15, 0.2) is 86.8 Å². The Morgan fingerprint density at radius 3 is 2.46 bits per heavy atom. The molecule has 0 spiro atoms. The summed E-state index contributed by atoms with van der Waals surface area (Å²) in [5.74, 6) is 0.0275. The minimum absolute atomic E-state index is 0.00402. The van der Waals surface area contributed by atoms with Gasteiger partial charge in [-0.25, -0.2) is 4.79 Å². The number of carbonyl (C=O) groups is 1. The normalized spacial score (nSPS) is 11.1. The van der Waals surface area contributed by atoms with E-state index >= 15 is 0 Å². The Kier molecular flexibility index (Phi) is 5.88. The fourth-order valence-corrected chi connectivity index (χ4v) is 4.16. The lowest BCUT2D eigenvalue weighted by Crippen LogP contribution is -2.41. The van der Waals surface area contributed by atoms with Crippen molar-refractivity contribution in [2.24, 2.45) is 0 Å². The number of anilines is 1. The monoisotopic (exact) mass is 489 g/mol. The van der Waals surface area contributed by atoms with E-state index in [1.165, 1.54) is 11.7 Å². The van der Waals surface area contributed by atoms with Crippen molar-refractivity contribution in [3.63, 3.8) is 0 Å². The van der Waals surface area contributed by atoms with Crippen LogP contribution in [-0.4, -0.2) is 22.2 Å². The summed E-state index contributed by atoms with van der Waals surface area (Å²) in [5, 5.41) is 3.89. The van der Waals surface area contributed by atoms with E-state index in [2.05, 4.69) is 5.32 Å². The SMILES string of the molecule is COc1ccccc1NC(=O)Cn1c(=O)n(Cc2ccc(Cl)cc2)c(=O)c2oc3ccccc3c21. The molecular formula is C26H20ClN3O5. The van der Waals surface area contributed by atoms with Gasteiger partial charge in [0.2, 0.25) is 11.5 Å². The number of hydrogen-bond donors (Lipinski definition) is 1. The quantitative estimate of drug-likeness (QED) is 0.384. The van der Waals surface area contributed by atoms with E-state index in [0.29, 0.717) is 33.0 Å². The number of benzene rings is 3. The molecule has 2 aromatic heterocycles. The Hall–Kier alpha value is -4.30. The van der Waals surface area contributed by atoms with Crippen LogP contribution in [0.4, 0.5) is 5.69 Å². The minimum atomic E-state index is -0.626. The van der Waals surface area contributed by atoms with Crippen molar-refractivity contribution in [1.29, 1.82) is 0 Å². The maximum atomic E-state index is 13.6. The van der Waals surface area contributed by atoms with E-state index in [-0.39, 0.29) is 24.2 Å². The third-order valence-electron chi connectivity index (χ3n) is 5.68. The van der Waals surface area contributed by atoms with Crippen LogP contribution in [0.3, 0.4) is 0 Å². The summed E-state index contributed by atoms with van der Waals surface area (Å²) in [5.41, 5.74) is 0.701. The number of nitrogens with one attached hydrogen (secondary N) is 1. The zero-order valence-electron chi connectivity index (χ0n) is 18.7. The van der Waals surface area contributed by atoms with Crippen LogP contribution in [-0.2, 0) is 17.9 Å². The highest BCUT2D eigenvalue weighted by atomic mass is 35.5. The van der Waals surface area contributed by atoms with E-state index < -0.39 is 17.2 Å². The lowest BCUT2D eigenvalue weighted by Gasteiger charge is -2.13. The number of hydrogen-bond acceptors (Lipinski definition) is 5. The van der Waals surface area contributed by atoms with Gasteiger partial charge >= 0.3 is 5.69 Å². The summed E-state index contributed by atoms with van der Waals surface area (Å²) in [6, 6.07) is 20.8. The van der Waals surface area contributed by atoms with Crippen LogP contribution in [0.1, 0.15) is 5.56 Å². The van der Waals surface area contributed by atoms with Crippen molar-refractivity contribution in [3.05, 3.63) is 104 Å². The molecule has 176 valence electrons. The van der Waals surface area contributed by atoms with Gasteiger partial charge < -0.3 is 14.5 Å². The van der Waals surface area contributed by atoms with Crippen LogP contribution in [0, 0.1) is 0 Å². The molecule has 1 amide bonds. The third kappa shape index (κ3) is 4.20. The molecule has 8 nitrogen and oxygen atoms in total. The van der Waals surface area contributed by atoms with Crippen LogP contribution in [0.25, 0.3) is 22.1 Å². The fraction of sp³-hybridized carbons (Fsp3) is 0.115. The van der Waals surface area contributed by atoms with Crippen molar-refractivity contribution in [2.75, 3.05) is 12.4 Å². The zero-order valence-corrected chi connectivity index (χ0v) is 19.4. The average molecular weight is 490 g/mol. The number of carbonyl (C=O) groups excluding carboxylic acids is 1. The van der Waals surface area contributed by atoms with Gasteiger partial charge in [-0.15, -0.1) is 0 Å². The summed E-state index contributed by atoms with van der Waals surface area (Å²) in [6.45, 7) is -0.340. The van der Waals surface area contributed by atoms with Crippen LogP contribution >= 0.6 is 11.6 Å². The van der Waals surface area contributed by atoms with Gasteiger partial charge in [0.15, 0.2) is 0 Å². The molecule has 0 radical (unpaired) electrons. The number of nitrogens with zero attached hydrogens (tertiary/aromatic N) is 2. The van der Waals surface area contributed by atoms with Gasteiger partial charge in [0.1, 0.15) is 23.4 Å². The van der Waals surface area contributed by atoms with Crippen LogP contribution in [0.5, 0.6) is 5.75 Å². The molecule has 0 aliphatic rings. The molecule has 3 aromatic carbocycles. The molecule has 9 heteroatoms. The lowest BCUT2D eigenvalue weighted by molar-refractivity contribution is -0.116. The summed E-state index contributed by atoms with van der Waals surface area (Å²) in [4.78, 5) is 39.9. The Balaban J connectivity index is 1.64. The maximum absolute atomic E-state index is 13.6. The van der Waals surface area contributed by atoms with Gasteiger partial charge in [-0.3, -0.25) is 18.7 Å². The Morgan fingerprint density at radius 1 is 0.971 bits per heavy atom. The predicted molar refractivity (Wildman–Crippen MR) is 134 cm³/mol. The first-order valence-corrected chi connectivity index (χ1v) is 11.2. The molecule has 0 saturated carbocycles. The van der Waals surface area contributed by atoms with E-state index in [4.69, 9.17) is 20.8 Å². The average Bonchev–Trinajstić information content (AvgIpc) is 3.26. The number of rotatable bonds is 6. The number of aromatic nitrogens is 2. The van der Waals surface area contributed by atoms with Crippen LogP contribution in [0.2, 0.25) is 5.02 Å². The van der Waals surface area contributed by atoms with Crippen molar-refractivity contribution >= 4 is 45.3 Å². The first kappa shape index (κ1) is 22.5. The number of amides is 1. The number of furan rings is 1. The number of fused-ring (bicyclic) bond motifs is 3. The second-order valence-electron chi connectivity index (χ2n) is 7.91. The second kappa shape index (κ2) is 9.15. The molecule has 5 aromatic rings. The van der Waals surface area contributed by atoms with Crippen LogP contribution < -0.4 is 21.3 Å². The molecule has 0 saturated heterocycles. The van der Waals surface area contributed by atoms with Gasteiger partial charge in [0, 0.05) is 10.4 Å². The molecule has 0 aliphatic heterocycles. The van der Waals surface area contributed by atoms with Crippen molar-refractivity contribution in [3.8, 4) is 5.75 Å². The van der Waals surface area contributed by atoms with E-state index in [0.717, 1.165) is 4.57 Å². The van der Waals surface area contributed by atoms with E-state index in [1.54, 1.807) is 72.8 Å². The van der Waals surface area contributed by atoms with Crippen molar-refractivity contribution < 1.29 is 13.9 Å². The molecular weight excluding hydrogens is 470 g/mol. The highest BCUT2D eigenvalue weighted by Crippen LogP contribution is 2.26. The standard InChI is InChI=1S/C26H20ClN3O5/c1-34-21-9-5-3-7-19(21)28-22(31)15-29-23-18-6-2-4-8-20(18)35-24(23)25(32)30(26(29)33)14-16-10-12-17(27)13-11-16/h2-13H,14-15H2,1H3,(H,28,31). The molecule has 5 rings (SSSR count). The largest absolute Gasteiger partial charge is 0.495 e. The van der Waals surface area contributed by atoms with Gasteiger partial charge in [-0.2, -0.15) is 0 Å². The summed E-state index contributed by atoms with van der Waals surface area (Å²) >= 11 is 5.97. The van der Waals surface area contributed by atoms with Crippen molar-refractivity contribution in [2.45, 2.75) is 13.1 Å². The lowest BCUT2D eigenvalue weighted by atomic mass is 10.2. The second-order valence-corrected chi connectivity index (χ2v) is 8.35. The first-order valence-electron chi connectivity index (χ1n) is 10.8. The highest BCUT2D eigenvalue weighted by molar-refractivity contribution is 6.30.